The Kier molecular flexibility index (Phi) is 66.7. The first-order valence-electron chi connectivity index (χ1n) is 35.2. The summed E-state index contributed by atoms with van der Waals surface area (Å²) in [5.41, 5.74) is 0. The van der Waals surface area contributed by atoms with E-state index in [9.17, 15) is 14.4 Å². The fourth-order valence-corrected chi connectivity index (χ4v) is 10.1. The minimum atomic E-state index is -0.782. The molecular formula is C76H132O6. The van der Waals surface area contributed by atoms with E-state index in [0.717, 1.165) is 109 Å². The molecule has 0 aliphatic heterocycles. The largest absolute Gasteiger partial charge is 0.462 e. The van der Waals surface area contributed by atoms with Crippen molar-refractivity contribution in [2.24, 2.45) is 0 Å². The molecule has 6 nitrogen and oxygen atoms in total. The van der Waals surface area contributed by atoms with Crippen molar-refractivity contribution < 1.29 is 28.6 Å². The standard InChI is InChI=1S/C76H132O6/c1-4-7-10-13-16-19-22-25-28-30-32-33-34-35-36-37-38-39-40-41-42-43-44-46-48-51-54-57-60-63-66-69-75(78)81-72-73(71-80-74(77)68-65-62-59-56-53-50-47-27-24-21-18-15-12-9-6-3)82-76(79)70-67-64-61-58-55-52-49-45-31-29-26-23-20-17-14-11-8-5-2/h7,10,16,19-20,23,25,28-29,31-33,35-36,38-39,73H,4-6,8-9,11-15,17-18,21-22,24,26-27,30,34,37,40-72H2,1-3H3/b10-7-,19-16-,23-20-,28-25-,31-29-,33-32-,36-35-,39-38-. The zero-order valence-electron chi connectivity index (χ0n) is 54.2. The zero-order chi connectivity index (χ0) is 59.2. The Balaban J connectivity index is 4.27. The smallest absolute Gasteiger partial charge is 0.306 e. The number of allylic oxidation sites excluding steroid dienone is 16. The van der Waals surface area contributed by atoms with Gasteiger partial charge in [0.1, 0.15) is 13.2 Å². The summed E-state index contributed by atoms with van der Waals surface area (Å²) in [5, 5.41) is 0. The topological polar surface area (TPSA) is 78.9 Å². The molecule has 0 N–H and O–H groups in total. The first-order valence-corrected chi connectivity index (χ1v) is 35.2. The van der Waals surface area contributed by atoms with E-state index in [1.165, 1.54) is 199 Å². The molecule has 0 rings (SSSR count). The van der Waals surface area contributed by atoms with Gasteiger partial charge < -0.3 is 14.2 Å². The summed E-state index contributed by atoms with van der Waals surface area (Å²) in [4.78, 5) is 38.4. The van der Waals surface area contributed by atoms with Crippen molar-refractivity contribution in [3.05, 3.63) is 97.2 Å². The van der Waals surface area contributed by atoms with Gasteiger partial charge in [-0.3, -0.25) is 14.4 Å². The number of hydrogen-bond donors (Lipinski definition) is 0. The molecule has 472 valence electrons. The van der Waals surface area contributed by atoms with Gasteiger partial charge in [-0.1, -0.05) is 323 Å². The average Bonchev–Trinajstić information content (AvgIpc) is 3.47. The van der Waals surface area contributed by atoms with Crippen LogP contribution >= 0.6 is 0 Å². The summed E-state index contributed by atoms with van der Waals surface area (Å²) in [6, 6.07) is 0. The van der Waals surface area contributed by atoms with Crippen LogP contribution in [-0.2, 0) is 28.6 Å². The molecule has 6 heteroatoms. The van der Waals surface area contributed by atoms with E-state index in [2.05, 4.69) is 118 Å². The summed E-state index contributed by atoms with van der Waals surface area (Å²) < 4.78 is 17.0. The predicted octanol–water partition coefficient (Wildman–Crippen LogP) is 24.4. The lowest BCUT2D eigenvalue weighted by atomic mass is 10.0. The molecule has 0 heterocycles. The van der Waals surface area contributed by atoms with Crippen LogP contribution in [-0.4, -0.2) is 37.2 Å². The lowest BCUT2D eigenvalue weighted by molar-refractivity contribution is -0.167. The van der Waals surface area contributed by atoms with Crippen molar-refractivity contribution >= 4 is 17.9 Å². The van der Waals surface area contributed by atoms with Crippen molar-refractivity contribution in [2.45, 2.75) is 354 Å². The molecule has 0 aromatic carbocycles. The molecule has 0 aromatic rings. The van der Waals surface area contributed by atoms with E-state index < -0.39 is 6.10 Å². The molecule has 0 saturated carbocycles. The number of ether oxygens (including phenoxy) is 3. The van der Waals surface area contributed by atoms with Gasteiger partial charge >= 0.3 is 17.9 Å². The number of carbonyl (C=O) groups excluding carboxylic acids is 3. The highest BCUT2D eigenvalue weighted by molar-refractivity contribution is 5.71. The van der Waals surface area contributed by atoms with Crippen LogP contribution in [0.25, 0.3) is 0 Å². The highest BCUT2D eigenvalue weighted by Crippen LogP contribution is 2.17. The minimum absolute atomic E-state index is 0.0767. The van der Waals surface area contributed by atoms with Crippen molar-refractivity contribution in [1.29, 1.82) is 0 Å². The second kappa shape index (κ2) is 69.8. The van der Waals surface area contributed by atoms with E-state index in [4.69, 9.17) is 14.2 Å². The summed E-state index contributed by atoms with van der Waals surface area (Å²) in [6.45, 7) is 6.55. The van der Waals surface area contributed by atoms with Gasteiger partial charge in [0, 0.05) is 19.3 Å². The SMILES string of the molecule is CC/C=C\C/C=C\C/C=C\C/C=C\C/C=C\C/C=C\CCCCCCCCCCCCCCC(=O)OCC(COC(=O)CCCCCCCCCCCCCCCCC)OC(=O)CCCCCCCCC/C=C\C/C=C\CCCCCC. The van der Waals surface area contributed by atoms with Gasteiger partial charge in [-0.15, -0.1) is 0 Å². The van der Waals surface area contributed by atoms with Crippen LogP contribution < -0.4 is 0 Å². The van der Waals surface area contributed by atoms with Gasteiger partial charge in [0.15, 0.2) is 6.10 Å². The summed E-state index contributed by atoms with van der Waals surface area (Å²) >= 11 is 0. The molecule has 0 bridgehead atoms. The first-order chi connectivity index (χ1) is 40.5. The fourth-order valence-electron chi connectivity index (χ4n) is 10.1. The maximum atomic E-state index is 12.9. The summed E-state index contributed by atoms with van der Waals surface area (Å²) in [6.07, 6.45) is 94.2. The van der Waals surface area contributed by atoms with Gasteiger partial charge in [-0.25, -0.2) is 0 Å². The van der Waals surface area contributed by atoms with Crippen LogP contribution in [0.5, 0.6) is 0 Å². The van der Waals surface area contributed by atoms with E-state index >= 15 is 0 Å². The monoisotopic (exact) mass is 1140 g/mol. The van der Waals surface area contributed by atoms with Crippen LogP contribution in [0.3, 0.4) is 0 Å². The average molecular weight is 1140 g/mol. The molecule has 0 radical (unpaired) electrons. The lowest BCUT2D eigenvalue weighted by Gasteiger charge is -2.18. The molecule has 82 heavy (non-hydrogen) atoms. The van der Waals surface area contributed by atoms with Crippen LogP contribution in [0.4, 0.5) is 0 Å². The normalized spacial score (nSPS) is 12.7. The summed E-state index contributed by atoms with van der Waals surface area (Å²) in [5.74, 6) is -0.869. The number of hydrogen-bond acceptors (Lipinski definition) is 6. The van der Waals surface area contributed by atoms with Gasteiger partial charge in [-0.2, -0.15) is 0 Å². The minimum Gasteiger partial charge on any atom is -0.462 e. The molecule has 0 amide bonds. The zero-order valence-corrected chi connectivity index (χ0v) is 54.2. The predicted molar refractivity (Wildman–Crippen MR) is 357 cm³/mol. The Hall–Kier alpha value is -3.67. The fraction of sp³-hybridized carbons (Fsp3) is 0.750. The third-order valence-corrected chi connectivity index (χ3v) is 15.3. The maximum Gasteiger partial charge on any atom is 0.306 e. The van der Waals surface area contributed by atoms with Gasteiger partial charge in [0.05, 0.1) is 0 Å². The molecule has 0 aliphatic rings. The number of rotatable bonds is 64. The van der Waals surface area contributed by atoms with Gasteiger partial charge in [0.2, 0.25) is 0 Å². The molecule has 1 unspecified atom stereocenters. The Morgan fingerprint density at radius 2 is 0.476 bits per heavy atom. The van der Waals surface area contributed by atoms with E-state index in [1.54, 1.807) is 0 Å². The number of esters is 3. The van der Waals surface area contributed by atoms with Crippen molar-refractivity contribution in [2.75, 3.05) is 13.2 Å². The van der Waals surface area contributed by atoms with Crippen LogP contribution in [0.2, 0.25) is 0 Å². The highest BCUT2D eigenvalue weighted by atomic mass is 16.6. The van der Waals surface area contributed by atoms with E-state index in [0.29, 0.717) is 19.3 Å². The van der Waals surface area contributed by atoms with Gasteiger partial charge in [-0.05, 0) is 103 Å². The second-order valence-electron chi connectivity index (χ2n) is 23.4. The van der Waals surface area contributed by atoms with Crippen LogP contribution in [0.1, 0.15) is 348 Å². The van der Waals surface area contributed by atoms with Gasteiger partial charge in [0.25, 0.3) is 0 Å². The molecule has 0 aromatic heterocycles. The Bertz CT molecular complexity index is 1590. The Morgan fingerprint density at radius 3 is 0.756 bits per heavy atom. The molecule has 0 fully saturated rings. The van der Waals surface area contributed by atoms with Crippen molar-refractivity contribution in [1.82, 2.24) is 0 Å². The van der Waals surface area contributed by atoms with Crippen molar-refractivity contribution in [3.8, 4) is 0 Å². The molecule has 0 saturated heterocycles. The van der Waals surface area contributed by atoms with Crippen molar-refractivity contribution in [3.63, 3.8) is 0 Å². The van der Waals surface area contributed by atoms with Crippen LogP contribution in [0.15, 0.2) is 97.2 Å². The number of unbranched alkanes of at least 4 members (excludes halogenated alkanes) is 37. The second-order valence-corrected chi connectivity index (χ2v) is 23.4. The third kappa shape index (κ3) is 67.1. The lowest BCUT2D eigenvalue weighted by Crippen LogP contribution is -2.30. The van der Waals surface area contributed by atoms with Crippen LogP contribution in [0, 0.1) is 0 Å². The van der Waals surface area contributed by atoms with E-state index in [1.807, 2.05) is 0 Å². The highest BCUT2D eigenvalue weighted by Gasteiger charge is 2.19. The molecular weight excluding hydrogens is 1010 g/mol. The maximum absolute atomic E-state index is 12.9. The molecule has 1 atom stereocenters. The number of carbonyl (C=O) groups is 3. The molecule has 0 aliphatic carbocycles. The quantitative estimate of drug-likeness (QED) is 0.0261. The summed E-state index contributed by atoms with van der Waals surface area (Å²) in [7, 11) is 0. The Morgan fingerprint density at radius 1 is 0.256 bits per heavy atom. The third-order valence-electron chi connectivity index (χ3n) is 15.3. The molecule has 0 spiro atoms. The Labute approximate surface area is 508 Å². The first kappa shape index (κ1) is 78.3. The van der Waals surface area contributed by atoms with E-state index in [-0.39, 0.29) is 31.1 Å².